The molecule has 0 aliphatic rings. The number of amides is 1. The third-order valence-corrected chi connectivity index (χ3v) is 4.63. The number of esters is 1. The van der Waals surface area contributed by atoms with Gasteiger partial charge >= 0.3 is 5.97 Å². The van der Waals surface area contributed by atoms with Crippen LogP contribution < -0.4 is 5.32 Å². The van der Waals surface area contributed by atoms with Crippen LogP contribution in [0.5, 0.6) is 0 Å². The number of aliphatic hydroxyl groups excluding tert-OH is 1. The molecule has 26 heavy (non-hydrogen) atoms. The van der Waals surface area contributed by atoms with E-state index in [4.69, 9.17) is 4.42 Å². The number of rotatable bonds is 6. The molecule has 7 heteroatoms. The lowest BCUT2D eigenvalue weighted by Gasteiger charge is -2.10. The van der Waals surface area contributed by atoms with Gasteiger partial charge in [-0.05, 0) is 47.8 Å². The van der Waals surface area contributed by atoms with Gasteiger partial charge in [-0.1, -0.05) is 6.07 Å². The average Bonchev–Trinajstić information content (AvgIpc) is 3.36. The Morgan fingerprint density at radius 3 is 2.54 bits per heavy atom. The van der Waals surface area contributed by atoms with Gasteiger partial charge in [0.1, 0.15) is 17.6 Å². The molecular weight excluding hydrogens is 354 g/mol. The zero-order chi connectivity index (χ0) is 18.5. The van der Waals surface area contributed by atoms with Crippen LogP contribution in [0.2, 0.25) is 0 Å². The summed E-state index contributed by atoms with van der Waals surface area (Å²) >= 11 is 1.54. The first-order valence-electron chi connectivity index (χ1n) is 7.86. The molecule has 0 bridgehead atoms. The topological polar surface area (TPSA) is 88.8 Å². The number of methoxy groups -OCH3 is 1. The van der Waals surface area contributed by atoms with E-state index in [0.717, 1.165) is 4.88 Å². The number of benzene rings is 1. The lowest BCUT2D eigenvalue weighted by atomic mass is 10.1. The molecule has 0 aliphatic heterocycles. The van der Waals surface area contributed by atoms with E-state index in [1.54, 1.807) is 23.5 Å². The van der Waals surface area contributed by atoms with Gasteiger partial charge in [-0.25, -0.2) is 4.79 Å². The Labute approximate surface area is 154 Å². The maximum absolute atomic E-state index is 12.2. The molecule has 1 atom stereocenters. The molecule has 2 N–H and O–H groups in total. The van der Waals surface area contributed by atoms with Crippen LogP contribution in [0.25, 0.3) is 10.6 Å². The van der Waals surface area contributed by atoms with Crippen molar-refractivity contribution in [1.82, 2.24) is 5.32 Å². The van der Waals surface area contributed by atoms with Gasteiger partial charge in [0, 0.05) is 5.56 Å². The Kier molecular flexibility index (Phi) is 5.50. The number of hydrogen-bond donors (Lipinski definition) is 2. The van der Waals surface area contributed by atoms with Crippen molar-refractivity contribution in [1.29, 1.82) is 0 Å². The van der Waals surface area contributed by atoms with E-state index in [1.165, 1.54) is 31.4 Å². The maximum Gasteiger partial charge on any atom is 0.337 e. The minimum absolute atomic E-state index is 0.00891. The predicted octanol–water partition coefficient (Wildman–Crippen LogP) is 3.26. The van der Waals surface area contributed by atoms with E-state index in [9.17, 15) is 14.7 Å². The van der Waals surface area contributed by atoms with Crippen molar-refractivity contribution in [3.63, 3.8) is 0 Å². The number of thiophene rings is 1. The highest BCUT2D eigenvalue weighted by Gasteiger charge is 2.16. The van der Waals surface area contributed by atoms with Crippen molar-refractivity contribution in [3.8, 4) is 10.6 Å². The number of nitrogens with one attached hydrogen (secondary N) is 1. The summed E-state index contributed by atoms with van der Waals surface area (Å²) in [5.41, 5.74) is 0.740. The van der Waals surface area contributed by atoms with Crippen LogP contribution in [-0.2, 0) is 4.74 Å². The number of ether oxygens (including phenoxy) is 1. The third kappa shape index (κ3) is 4.01. The monoisotopic (exact) mass is 371 g/mol. The molecule has 0 spiro atoms. The molecule has 0 fully saturated rings. The first-order valence-corrected chi connectivity index (χ1v) is 8.74. The van der Waals surface area contributed by atoms with E-state index >= 15 is 0 Å². The van der Waals surface area contributed by atoms with Crippen molar-refractivity contribution in [3.05, 3.63) is 70.8 Å². The molecule has 0 saturated carbocycles. The largest absolute Gasteiger partial charge is 0.465 e. The van der Waals surface area contributed by atoms with E-state index in [0.29, 0.717) is 22.6 Å². The quantitative estimate of drug-likeness (QED) is 0.649. The molecule has 1 amide bonds. The first kappa shape index (κ1) is 17.9. The lowest BCUT2D eigenvalue weighted by molar-refractivity contribution is 0.0600. The normalized spacial score (nSPS) is 11.8. The summed E-state index contributed by atoms with van der Waals surface area (Å²) in [6.07, 6.45) is -0.956. The minimum Gasteiger partial charge on any atom is -0.465 e. The number of aliphatic hydroxyl groups is 1. The molecule has 3 aromatic rings. The summed E-state index contributed by atoms with van der Waals surface area (Å²) in [4.78, 5) is 24.5. The van der Waals surface area contributed by atoms with Gasteiger partial charge < -0.3 is 19.6 Å². The number of furan rings is 1. The Balaban J connectivity index is 1.58. The highest BCUT2D eigenvalue weighted by molar-refractivity contribution is 7.13. The molecule has 134 valence electrons. The standard InChI is InChI=1S/C19H17NO5S/c1-24-19(23)13-6-4-12(5-7-13)18(22)20-11-14(21)15-8-9-16(25-15)17-3-2-10-26-17/h2-10,14,21H,11H2,1H3,(H,20,22). The zero-order valence-electron chi connectivity index (χ0n) is 14.0. The van der Waals surface area contributed by atoms with Crippen LogP contribution in [0.1, 0.15) is 32.6 Å². The fourth-order valence-corrected chi connectivity index (χ4v) is 3.04. The molecule has 0 aliphatic carbocycles. The summed E-state index contributed by atoms with van der Waals surface area (Å²) in [5, 5.41) is 14.8. The van der Waals surface area contributed by atoms with E-state index < -0.39 is 12.1 Å². The molecule has 1 aromatic carbocycles. The average molecular weight is 371 g/mol. The minimum atomic E-state index is -0.956. The number of hydrogen-bond acceptors (Lipinski definition) is 6. The van der Waals surface area contributed by atoms with Crippen LogP contribution in [-0.4, -0.2) is 30.6 Å². The molecule has 2 heterocycles. The van der Waals surface area contributed by atoms with Crippen LogP contribution in [0, 0.1) is 0 Å². The summed E-state index contributed by atoms with van der Waals surface area (Å²) < 4.78 is 10.3. The van der Waals surface area contributed by atoms with E-state index in [1.807, 2.05) is 17.5 Å². The smallest absolute Gasteiger partial charge is 0.337 e. The van der Waals surface area contributed by atoms with Crippen LogP contribution in [0.15, 0.2) is 58.3 Å². The zero-order valence-corrected chi connectivity index (χ0v) is 14.8. The first-order chi connectivity index (χ1) is 12.6. The Hall–Kier alpha value is -2.90. The van der Waals surface area contributed by atoms with Gasteiger partial charge in [-0.15, -0.1) is 11.3 Å². The number of carbonyl (C=O) groups excluding carboxylic acids is 2. The molecule has 3 rings (SSSR count). The molecule has 6 nitrogen and oxygen atoms in total. The van der Waals surface area contributed by atoms with Crippen molar-refractivity contribution in [2.75, 3.05) is 13.7 Å². The predicted molar refractivity (Wildman–Crippen MR) is 97.1 cm³/mol. The summed E-state index contributed by atoms with van der Waals surface area (Å²) in [5.74, 6) is 0.241. The van der Waals surface area contributed by atoms with Gasteiger partial charge in [0.05, 0.1) is 24.1 Å². The molecule has 2 aromatic heterocycles. The van der Waals surface area contributed by atoms with Crippen LogP contribution in [0.4, 0.5) is 0 Å². The van der Waals surface area contributed by atoms with Crippen molar-refractivity contribution < 1.29 is 23.8 Å². The van der Waals surface area contributed by atoms with Gasteiger partial charge in [-0.3, -0.25) is 4.79 Å². The van der Waals surface area contributed by atoms with Gasteiger partial charge in [0.2, 0.25) is 0 Å². The molecule has 0 radical (unpaired) electrons. The Morgan fingerprint density at radius 1 is 1.15 bits per heavy atom. The van der Waals surface area contributed by atoms with Crippen LogP contribution in [0.3, 0.4) is 0 Å². The highest BCUT2D eigenvalue weighted by Crippen LogP contribution is 2.28. The fraction of sp³-hybridized carbons (Fsp3) is 0.158. The van der Waals surface area contributed by atoms with Gasteiger partial charge in [0.15, 0.2) is 0 Å². The maximum atomic E-state index is 12.2. The summed E-state index contributed by atoms with van der Waals surface area (Å²) in [7, 11) is 1.29. The second kappa shape index (κ2) is 7.99. The van der Waals surface area contributed by atoms with Crippen LogP contribution >= 0.6 is 11.3 Å². The van der Waals surface area contributed by atoms with E-state index in [2.05, 4.69) is 10.1 Å². The van der Waals surface area contributed by atoms with E-state index in [-0.39, 0.29) is 12.5 Å². The second-order valence-corrected chi connectivity index (χ2v) is 6.42. The summed E-state index contributed by atoms with van der Waals surface area (Å²) in [6.45, 7) is 0.00891. The van der Waals surface area contributed by atoms with Crippen molar-refractivity contribution in [2.24, 2.45) is 0 Å². The molecular formula is C19H17NO5S. The van der Waals surface area contributed by atoms with Crippen molar-refractivity contribution in [2.45, 2.75) is 6.10 Å². The SMILES string of the molecule is COC(=O)c1ccc(C(=O)NCC(O)c2ccc(-c3cccs3)o2)cc1. The fourth-order valence-electron chi connectivity index (χ4n) is 2.35. The van der Waals surface area contributed by atoms with Gasteiger partial charge in [-0.2, -0.15) is 0 Å². The second-order valence-electron chi connectivity index (χ2n) is 5.47. The van der Waals surface area contributed by atoms with Gasteiger partial charge in [0.25, 0.3) is 5.91 Å². The lowest BCUT2D eigenvalue weighted by Crippen LogP contribution is -2.28. The third-order valence-electron chi connectivity index (χ3n) is 3.74. The highest BCUT2D eigenvalue weighted by atomic mass is 32.1. The number of carbonyl (C=O) groups is 2. The Bertz CT molecular complexity index is 883. The van der Waals surface area contributed by atoms with Crippen molar-refractivity contribution >= 4 is 23.2 Å². The molecule has 0 saturated heterocycles. The molecule has 1 unspecified atom stereocenters. The summed E-state index contributed by atoms with van der Waals surface area (Å²) in [6, 6.07) is 13.4. The Morgan fingerprint density at radius 2 is 1.88 bits per heavy atom.